The summed E-state index contributed by atoms with van der Waals surface area (Å²) in [4.78, 5) is 23.5. The van der Waals surface area contributed by atoms with Crippen LogP contribution in [0.2, 0.25) is 0 Å². The van der Waals surface area contributed by atoms with Gasteiger partial charge < -0.3 is 16.0 Å². The molecule has 116 valence electrons. The van der Waals surface area contributed by atoms with Gasteiger partial charge in [0.15, 0.2) is 5.69 Å². The second kappa shape index (κ2) is 7.01. The van der Waals surface area contributed by atoms with Crippen LogP contribution in [0.5, 0.6) is 0 Å². The van der Waals surface area contributed by atoms with Crippen molar-refractivity contribution in [1.29, 1.82) is 0 Å². The van der Waals surface area contributed by atoms with Crippen LogP contribution in [-0.2, 0) is 4.79 Å². The summed E-state index contributed by atoms with van der Waals surface area (Å²) in [5.74, 6) is 0.0479. The van der Waals surface area contributed by atoms with E-state index in [4.69, 9.17) is 0 Å². The maximum atomic E-state index is 11.9. The number of nitrogens with zero attached hydrogens (tertiary/aromatic N) is 2. The molecule has 0 saturated heterocycles. The first-order chi connectivity index (χ1) is 9.73. The summed E-state index contributed by atoms with van der Waals surface area (Å²) in [5, 5.41) is 16.2. The summed E-state index contributed by atoms with van der Waals surface area (Å²) in [6, 6.07) is 2.74. The van der Waals surface area contributed by atoms with Crippen LogP contribution in [-0.4, -0.2) is 40.1 Å². The molecule has 0 aliphatic carbocycles. The molecule has 0 radical (unpaired) electrons. The average Bonchev–Trinajstić information content (AvgIpc) is 2.37. The lowest BCUT2D eigenvalue weighted by atomic mass is 10.1. The van der Waals surface area contributed by atoms with Crippen LogP contribution in [0.1, 0.15) is 45.1 Å². The highest BCUT2D eigenvalue weighted by atomic mass is 16.2. The zero-order valence-electron chi connectivity index (χ0n) is 13.2. The zero-order chi connectivity index (χ0) is 16.0. The lowest BCUT2D eigenvalue weighted by Crippen LogP contribution is -2.47. The molecule has 21 heavy (non-hydrogen) atoms. The van der Waals surface area contributed by atoms with Crippen molar-refractivity contribution in [3.05, 3.63) is 17.8 Å². The van der Waals surface area contributed by atoms with Gasteiger partial charge in [0.25, 0.3) is 5.91 Å². The first-order valence-corrected chi connectivity index (χ1v) is 6.93. The van der Waals surface area contributed by atoms with Crippen molar-refractivity contribution in [2.45, 2.75) is 46.2 Å². The molecule has 0 saturated carbocycles. The van der Waals surface area contributed by atoms with Gasteiger partial charge in [0.1, 0.15) is 11.9 Å². The quantitative estimate of drug-likeness (QED) is 0.751. The van der Waals surface area contributed by atoms with Crippen LogP contribution in [0, 0.1) is 0 Å². The second-order valence-corrected chi connectivity index (χ2v) is 5.77. The minimum absolute atomic E-state index is 0.128. The Morgan fingerprint density at radius 2 is 1.90 bits per heavy atom. The summed E-state index contributed by atoms with van der Waals surface area (Å²) in [7, 11) is 0. The number of amides is 2. The van der Waals surface area contributed by atoms with Gasteiger partial charge in [-0.2, -0.15) is 0 Å². The molecule has 1 aromatic rings. The molecule has 1 heterocycles. The Bertz CT molecular complexity index is 493. The van der Waals surface area contributed by atoms with E-state index in [0.29, 0.717) is 12.4 Å². The molecule has 0 aromatic carbocycles. The molecular weight excluding hydrogens is 270 g/mol. The minimum Gasteiger partial charge on any atom is -0.357 e. The van der Waals surface area contributed by atoms with Crippen molar-refractivity contribution in [2.24, 2.45) is 0 Å². The molecule has 7 heteroatoms. The fraction of sp³-hybridized carbons (Fsp3) is 0.571. The molecule has 1 aromatic heterocycles. The summed E-state index contributed by atoms with van der Waals surface area (Å²) < 4.78 is 0. The number of carbonyl (C=O) groups is 2. The van der Waals surface area contributed by atoms with Gasteiger partial charge >= 0.3 is 0 Å². The molecule has 0 aliphatic rings. The molecule has 1 atom stereocenters. The van der Waals surface area contributed by atoms with E-state index >= 15 is 0 Å². The van der Waals surface area contributed by atoms with Gasteiger partial charge in [-0.1, -0.05) is 0 Å². The average molecular weight is 293 g/mol. The Hall–Kier alpha value is -2.18. The predicted molar refractivity (Wildman–Crippen MR) is 81.0 cm³/mol. The molecular formula is C14H23N5O2. The van der Waals surface area contributed by atoms with Crippen molar-refractivity contribution in [3.63, 3.8) is 0 Å². The lowest BCUT2D eigenvalue weighted by molar-refractivity contribution is -0.122. The van der Waals surface area contributed by atoms with Crippen LogP contribution in [0.25, 0.3) is 0 Å². The summed E-state index contributed by atoms with van der Waals surface area (Å²) in [5.41, 5.74) is -0.0462. The van der Waals surface area contributed by atoms with E-state index < -0.39 is 6.04 Å². The fourth-order valence-corrected chi connectivity index (χ4v) is 1.55. The van der Waals surface area contributed by atoms with E-state index in [9.17, 15) is 9.59 Å². The van der Waals surface area contributed by atoms with Gasteiger partial charge in [-0.15, -0.1) is 10.2 Å². The Labute approximate surface area is 124 Å². The molecule has 0 fully saturated rings. The van der Waals surface area contributed by atoms with Crippen LogP contribution in [0.4, 0.5) is 5.82 Å². The highest BCUT2D eigenvalue weighted by Gasteiger charge is 2.19. The standard InChI is InChI=1S/C14H23N5O2/c1-6-15-13(21)10-7-8-11(19-18-10)16-9(2)12(20)17-14(3,4)5/h7-9H,6H2,1-5H3,(H,15,21)(H,16,19)(H,17,20). The smallest absolute Gasteiger partial charge is 0.271 e. The molecule has 0 spiro atoms. The van der Waals surface area contributed by atoms with E-state index in [0.717, 1.165) is 0 Å². The van der Waals surface area contributed by atoms with E-state index in [1.54, 1.807) is 19.1 Å². The number of hydrogen-bond donors (Lipinski definition) is 3. The molecule has 0 aliphatic heterocycles. The van der Waals surface area contributed by atoms with Crippen molar-refractivity contribution in [2.75, 3.05) is 11.9 Å². The van der Waals surface area contributed by atoms with Crippen LogP contribution in [0.3, 0.4) is 0 Å². The molecule has 1 unspecified atom stereocenters. The van der Waals surface area contributed by atoms with Crippen LogP contribution in [0.15, 0.2) is 12.1 Å². The summed E-state index contributed by atoms with van der Waals surface area (Å²) in [6.45, 7) is 9.84. The van der Waals surface area contributed by atoms with Gasteiger partial charge in [-0.3, -0.25) is 9.59 Å². The minimum atomic E-state index is -0.450. The third-order valence-corrected chi connectivity index (χ3v) is 2.49. The van der Waals surface area contributed by atoms with E-state index in [-0.39, 0.29) is 23.0 Å². The number of nitrogens with one attached hydrogen (secondary N) is 3. The number of aromatic nitrogens is 2. The fourth-order valence-electron chi connectivity index (χ4n) is 1.55. The van der Waals surface area contributed by atoms with Crippen molar-refractivity contribution in [3.8, 4) is 0 Å². The van der Waals surface area contributed by atoms with Crippen molar-refractivity contribution < 1.29 is 9.59 Å². The third-order valence-electron chi connectivity index (χ3n) is 2.49. The Morgan fingerprint density at radius 3 is 2.38 bits per heavy atom. The topological polar surface area (TPSA) is 96.0 Å². The Kier molecular flexibility index (Phi) is 5.63. The van der Waals surface area contributed by atoms with Gasteiger partial charge in [0.2, 0.25) is 5.91 Å². The van der Waals surface area contributed by atoms with Gasteiger partial charge in [0.05, 0.1) is 0 Å². The van der Waals surface area contributed by atoms with Crippen LogP contribution < -0.4 is 16.0 Å². The van der Waals surface area contributed by atoms with E-state index in [2.05, 4.69) is 26.1 Å². The molecule has 0 bridgehead atoms. The first kappa shape index (κ1) is 16.9. The van der Waals surface area contributed by atoms with Crippen molar-refractivity contribution in [1.82, 2.24) is 20.8 Å². The number of carbonyl (C=O) groups excluding carboxylic acids is 2. The van der Waals surface area contributed by atoms with E-state index in [1.807, 2.05) is 27.7 Å². The number of rotatable bonds is 5. The van der Waals surface area contributed by atoms with Gasteiger partial charge in [-0.25, -0.2) is 0 Å². The normalized spacial score (nSPS) is 12.4. The molecule has 1 rings (SSSR count). The predicted octanol–water partition coefficient (Wildman–Crippen LogP) is 0.941. The van der Waals surface area contributed by atoms with Crippen molar-refractivity contribution >= 4 is 17.6 Å². The molecule has 2 amide bonds. The third kappa shape index (κ3) is 5.76. The summed E-state index contributed by atoms with van der Waals surface area (Å²) in [6.07, 6.45) is 0. The SMILES string of the molecule is CCNC(=O)c1ccc(NC(C)C(=O)NC(C)(C)C)nn1. The monoisotopic (exact) mass is 293 g/mol. The lowest BCUT2D eigenvalue weighted by Gasteiger charge is -2.23. The summed E-state index contributed by atoms with van der Waals surface area (Å²) >= 11 is 0. The second-order valence-electron chi connectivity index (χ2n) is 5.77. The highest BCUT2D eigenvalue weighted by molar-refractivity contribution is 5.92. The zero-order valence-corrected chi connectivity index (χ0v) is 13.2. The maximum Gasteiger partial charge on any atom is 0.271 e. The maximum absolute atomic E-state index is 11.9. The number of anilines is 1. The largest absolute Gasteiger partial charge is 0.357 e. The molecule has 7 nitrogen and oxygen atoms in total. The van der Waals surface area contributed by atoms with Gasteiger partial charge in [0, 0.05) is 12.1 Å². The first-order valence-electron chi connectivity index (χ1n) is 6.93. The Morgan fingerprint density at radius 1 is 1.24 bits per heavy atom. The highest BCUT2D eigenvalue weighted by Crippen LogP contribution is 2.06. The number of hydrogen-bond acceptors (Lipinski definition) is 5. The Balaban J connectivity index is 2.63. The van der Waals surface area contributed by atoms with E-state index in [1.165, 1.54) is 0 Å². The van der Waals surface area contributed by atoms with Crippen LogP contribution >= 0.6 is 0 Å². The molecule has 3 N–H and O–H groups in total. The van der Waals surface area contributed by atoms with Gasteiger partial charge in [-0.05, 0) is 46.8 Å².